The van der Waals surface area contributed by atoms with E-state index >= 15 is 0 Å². The van der Waals surface area contributed by atoms with Crippen LogP contribution in [0.25, 0.3) is 17.1 Å². The van der Waals surface area contributed by atoms with Gasteiger partial charge in [0.2, 0.25) is 0 Å². The van der Waals surface area contributed by atoms with E-state index in [-0.39, 0.29) is 17.7 Å². The molecule has 8 heteroatoms. The van der Waals surface area contributed by atoms with Gasteiger partial charge in [0.15, 0.2) is 11.5 Å². The minimum absolute atomic E-state index is 0.148. The number of furan rings is 1. The molecule has 1 aliphatic heterocycles. The Morgan fingerprint density at radius 1 is 1.26 bits per heavy atom. The standard InChI is InChI=1S/C19H18ClN3O4/c20-13-3-5-14(6-4-13)23-17(18-2-1-7-27-18)10-16(22-23)19(24)21-11-15-12-25-8-9-26-15/h1-7,10,15H,8-9,11-12H2,(H,21,24). The molecule has 140 valence electrons. The van der Waals surface area contributed by atoms with Gasteiger partial charge in [-0.2, -0.15) is 5.10 Å². The predicted octanol–water partition coefficient (Wildman–Crippen LogP) is 2.93. The molecule has 1 saturated heterocycles. The van der Waals surface area contributed by atoms with E-state index < -0.39 is 0 Å². The Kier molecular flexibility index (Phi) is 5.24. The molecular weight excluding hydrogens is 370 g/mol. The Hall–Kier alpha value is -2.61. The Labute approximate surface area is 160 Å². The van der Waals surface area contributed by atoms with Gasteiger partial charge in [0, 0.05) is 17.6 Å². The first-order chi connectivity index (χ1) is 13.2. The molecule has 0 saturated carbocycles. The zero-order chi connectivity index (χ0) is 18.6. The van der Waals surface area contributed by atoms with Crippen LogP contribution >= 0.6 is 11.6 Å². The number of carbonyl (C=O) groups is 1. The van der Waals surface area contributed by atoms with Gasteiger partial charge < -0.3 is 19.2 Å². The van der Waals surface area contributed by atoms with Crippen molar-refractivity contribution >= 4 is 17.5 Å². The third-order valence-electron chi connectivity index (χ3n) is 4.16. The second-order valence-corrected chi connectivity index (χ2v) is 6.49. The summed E-state index contributed by atoms with van der Waals surface area (Å²) in [5, 5.41) is 7.93. The van der Waals surface area contributed by atoms with Crippen LogP contribution in [0.2, 0.25) is 5.02 Å². The first kappa shape index (κ1) is 17.8. The zero-order valence-electron chi connectivity index (χ0n) is 14.4. The maximum Gasteiger partial charge on any atom is 0.271 e. The van der Waals surface area contributed by atoms with Gasteiger partial charge >= 0.3 is 0 Å². The molecule has 1 N–H and O–H groups in total. The fourth-order valence-electron chi connectivity index (χ4n) is 2.82. The second kappa shape index (κ2) is 7.96. The van der Waals surface area contributed by atoms with Crippen LogP contribution in [0.15, 0.2) is 53.1 Å². The van der Waals surface area contributed by atoms with Gasteiger partial charge in [-0.1, -0.05) is 11.6 Å². The van der Waals surface area contributed by atoms with Gasteiger partial charge in [-0.3, -0.25) is 4.79 Å². The van der Waals surface area contributed by atoms with Crippen molar-refractivity contribution in [3.8, 4) is 17.1 Å². The van der Waals surface area contributed by atoms with Gasteiger partial charge in [0.1, 0.15) is 5.69 Å². The van der Waals surface area contributed by atoms with Gasteiger partial charge in [-0.15, -0.1) is 0 Å². The van der Waals surface area contributed by atoms with Crippen molar-refractivity contribution in [2.24, 2.45) is 0 Å². The monoisotopic (exact) mass is 387 g/mol. The van der Waals surface area contributed by atoms with Gasteiger partial charge in [-0.25, -0.2) is 4.68 Å². The average molecular weight is 388 g/mol. The smallest absolute Gasteiger partial charge is 0.271 e. The Bertz CT molecular complexity index is 900. The number of hydrogen-bond donors (Lipinski definition) is 1. The summed E-state index contributed by atoms with van der Waals surface area (Å²) < 4.78 is 18.0. The fourth-order valence-corrected chi connectivity index (χ4v) is 2.95. The van der Waals surface area contributed by atoms with E-state index in [0.717, 1.165) is 5.69 Å². The van der Waals surface area contributed by atoms with Crippen molar-refractivity contribution in [2.45, 2.75) is 6.10 Å². The van der Waals surface area contributed by atoms with Crippen molar-refractivity contribution in [2.75, 3.05) is 26.4 Å². The third kappa shape index (κ3) is 4.05. The summed E-state index contributed by atoms with van der Waals surface area (Å²) in [6, 6.07) is 12.5. The van der Waals surface area contributed by atoms with Crippen LogP contribution in [-0.4, -0.2) is 48.2 Å². The molecule has 1 fully saturated rings. The summed E-state index contributed by atoms with van der Waals surface area (Å²) in [5.41, 5.74) is 1.73. The summed E-state index contributed by atoms with van der Waals surface area (Å²) in [6.07, 6.45) is 1.43. The number of hydrogen-bond acceptors (Lipinski definition) is 5. The summed E-state index contributed by atoms with van der Waals surface area (Å²) in [7, 11) is 0. The number of nitrogens with one attached hydrogen (secondary N) is 1. The van der Waals surface area contributed by atoms with Crippen LogP contribution < -0.4 is 5.32 Å². The highest BCUT2D eigenvalue weighted by Gasteiger charge is 2.20. The van der Waals surface area contributed by atoms with Gasteiger partial charge in [0.05, 0.1) is 37.9 Å². The zero-order valence-corrected chi connectivity index (χ0v) is 15.2. The molecule has 1 aromatic carbocycles. The van der Waals surface area contributed by atoms with Gasteiger partial charge in [-0.05, 0) is 36.4 Å². The second-order valence-electron chi connectivity index (χ2n) is 6.06. The van der Waals surface area contributed by atoms with Crippen molar-refractivity contribution in [1.29, 1.82) is 0 Å². The molecule has 3 aromatic rings. The van der Waals surface area contributed by atoms with Crippen LogP contribution in [0.4, 0.5) is 0 Å². The summed E-state index contributed by atoms with van der Waals surface area (Å²) >= 11 is 5.97. The number of halogens is 1. The first-order valence-corrected chi connectivity index (χ1v) is 8.96. The lowest BCUT2D eigenvalue weighted by Gasteiger charge is -2.22. The molecule has 7 nitrogen and oxygen atoms in total. The van der Waals surface area contributed by atoms with Crippen LogP contribution in [0.3, 0.4) is 0 Å². The molecule has 2 aromatic heterocycles. The summed E-state index contributed by atoms with van der Waals surface area (Å²) in [4.78, 5) is 12.6. The number of benzene rings is 1. The Morgan fingerprint density at radius 2 is 2.11 bits per heavy atom. The van der Waals surface area contributed by atoms with E-state index in [9.17, 15) is 4.79 Å². The van der Waals surface area contributed by atoms with E-state index in [2.05, 4.69) is 10.4 Å². The lowest BCUT2D eigenvalue weighted by molar-refractivity contribution is -0.0855. The van der Waals surface area contributed by atoms with Crippen LogP contribution in [0.5, 0.6) is 0 Å². The highest BCUT2D eigenvalue weighted by Crippen LogP contribution is 2.25. The van der Waals surface area contributed by atoms with E-state index in [1.54, 1.807) is 35.2 Å². The molecule has 1 unspecified atom stereocenters. The van der Waals surface area contributed by atoms with E-state index in [1.165, 1.54) is 0 Å². The van der Waals surface area contributed by atoms with Crippen LogP contribution in [0, 0.1) is 0 Å². The van der Waals surface area contributed by atoms with Crippen LogP contribution in [-0.2, 0) is 9.47 Å². The van der Waals surface area contributed by atoms with Gasteiger partial charge in [0.25, 0.3) is 5.91 Å². The molecule has 1 aliphatic rings. The largest absolute Gasteiger partial charge is 0.463 e. The van der Waals surface area contributed by atoms with Crippen LogP contribution in [0.1, 0.15) is 10.5 Å². The SMILES string of the molecule is O=C(NCC1COCCO1)c1cc(-c2ccco2)n(-c2ccc(Cl)cc2)n1. The highest BCUT2D eigenvalue weighted by atomic mass is 35.5. The quantitative estimate of drug-likeness (QED) is 0.728. The molecule has 1 amide bonds. The number of carbonyl (C=O) groups excluding carboxylic acids is 1. The average Bonchev–Trinajstić information content (AvgIpc) is 3.37. The summed E-state index contributed by atoms with van der Waals surface area (Å²) in [6.45, 7) is 1.96. The normalized spacial score (nSPS) is 17.0. The number of amides is 1. The molecule has 0 radical (unpaired) electrons. The lowest BCUT2D eigenvalue weighted by Crippen LogP contribution is -2.39. The first-order valence-electron chi connectivity index (χ1n) is 8.58. The van der Waals surface area contributed by atoms with Crippen molar-refractivity contribution in [1.82, 2.24) is 15.1 Å². The Balaban J connectivity index is 1.58. The fraction of sp³-hybridized carbons (Fsp3) is 0.263. The molecule has 4 rings (SSSR count). The number of ether oxygens (including phenoxy) is 2. The maximum atomic E-state index is 12.6. The number of rotatable bonds is 5. The molecule has 27 heavy (non-hydrogen) atoms. The molecule has 1 atom stereocenters. The molecule has 0 spiro atoms. The third-order valence-corrected chi connectivity index (χ3v) is 4.41. The minimum Gasteiger partial charge on any atom is -0.463 e. The lowest BCUT2D eigenvalue weighted by atomic mass is 10.2. The van der Waals surface area contributed by atoms with E-state index in [4.69, 9.17) is 25.5 Å². The van der Waals surface area contributed by atoms with Crippen molar-refractivity contribution < 1.29 is 18.7 Å². The van der Waals surface area contributed by atoms with E-state index in [0.29, 0.717) is 42.8 Å². The van der Waals surface area contributed by atoms with E-state index in [1.807, 2.05) is 18.2 Å². The minimum atomic E-state index is -0.287. The molecule has 3 heterocycles. The Morgan fingerprint density at radius 3 is 2.81 bits per heavy atom. The van der Waals surface area contributed by atoms with Crippen molar-refractivity contribution in [3.05, 3.63) is 59.4 Å². The topological polar surface area (TPSA) is 78.5 Å². The molecular formula is C19H18ClN3O4. The summed E-state index contributed by atoms with van der Waals surface area (Å²) in [5.74, 6) is 0.324. The highest BCUT2D eigenvalue weighted by molar-refractivity contribution is 6.30. The number of nitrogens with zero attached hydrogens (tertiary/aromatic N) is 2. The molecule has 0 bridgehead atoms. The molecule has 0 aliphatic carbocycles. The maximum absolute atomic E-state index is 12.6. The van der Waals surface area contributed by atoms with Crippen molar-refractivity contribution in [3.63, 3.8) is 0 Å². The number of aromatic nitrogens is 2. The predicted molar refractivity (Wildman–Crippen MR) is 99.2 cm³/mol.